The first-order chi connectivity index (χ1) is 16.2. The Morgan fingerprint density at radius 3 is 2.64 bits per heavy atom. The van der Waals surface area contributed by atoms with Crippen LogP contribution in [0.3, 0.4) is 0 Å². The molecule has 0 aliphatic carbocycles. The zero-order chi connectivity index (χ0) is 22.6. The molecule has 2 aromatic heterocycles. The van der Waals surface area contributed by atoms with E-state index >= 15 is 0 Å². The van der Waals surface area contributed by atoms with Gasteiger partial charge in [0.25, 0.3) is 0 Å². The van der Waals surface area contributed by atoms with E-state index in [4.69, 9.17) is 4.74 Å². The minimum atomic E-state index is -0.863. The second-order valence-corrected chi connectivity index (χ2v) is 7.87. The molecule has 7 heteroatoms. The average molecular weight is 438 g/mol. The summed E-state index contributed by atoms with van der Waals surface area (Å²) in [5.74, 6) is -0.151. The van der Waals surface area contributed by atoms with E-state index in [0.29, 0.717) is 18.9 Å². The Labute approximate surface area is 190 Å². The van der Waals surface area contributed by atoms with E-state index in [2.05, 4.69) is 26.0 Å². The maximum absolute atomic E-state index is 11.5. The third kappa shape index (κ3) is 4.62. The van der Waals surface area contributed by atoms with Gasteiger partial charge in [0.2, 0.25) is 0 Å². The smallest absolute Gasteiger partial charge is 0.307 e. The quantitative estimate of drug-likeness (QED) is 0.367. The molecule has 164 valence electrons. The Kier molecular flexibility index (Phi) is 5.59. The number of hydrogen-bond acceptors (Lipinski definition) is 4. The number of nitrogens with zero attached hydrogens (tertiary/aromatic N) is 3. The van der Waals surface area contributed by atoms with Crippen molar-refractivity contribution in [1.29, 1.82) is 0 Å². The number of hydrogen-bond donors (Lipinski definition) is 2. The molecular weight excluding hydrogens is 416 g/mol. The molecule has 2 N–H and O–H groups in total. The van der Waals surface area contributed by atoms with E-state index in [1.165, 1.54) is 0 Å². The van der Waals surface area contributed by atoms with Gasteiger partial charge in [-0.05, 0) is 41.0 Å². The largest absolute Gasteiger partial charge is 0.489 e. The number of carboxylic acid groups (broad SMARTS) is 1. The number of H-pyrrole nitrogens is 1. The number of rotatable bonds is 8. The lowest BCUT2D eigenvalue weighted by Gasteiger charge is -2.09. The predicted octanol–water partition coefficient (Wildman–Crippen LogP) is 4.68. The van der Waals surface area contributed by atoms with Crippen molar-refractivity contribution in [2.45, 2.75) is 19.6 Å². The van der Waals surface area contributed by atoms with Gasteiger partial charge in [-0.2, -0.15) is 0 Å². The number of ether oxygens (including phenoxy) is 1. The SMILES string of the molecule is O=C(O)Cc1cn(Cc2cccc(-c3c[nH]nn3)c2)c2ccc(OCc3ccccc3)cc12. The summed E-state index contributed by atoms with van der Waals surface area (Å²) in [6.07, 6.45) is 3.62. The van der Waals surface area contributed by atoms with Crippen LogP contribution in [0.15, 0.2) is 85.2 Å². The van der Waals surface area contributed by atoms with Crippen LogP contribution in [0.2, 0.25) is 0 Å². The topological polar surface area (TPSA) is 93.0 Å². The van der Waals surface area contributed by atoms with Crippen LogP contribution in [0, 0.1) is 0 Å². The summed E-state index contributed by atoms with van der Waals surface area (Å²) in [5, 5.41) is 20.9. The molecule has 3 aromatic carbocycles. The van der Waals surface area contributed by atoms with Crippen molar-refractivity contribution >= 4 is 16.9 Å². The summed E-state index contributed by atoms with van der Waals surface area (Å²) in [6, 6.07) is 23.9. The molecule has 2 heterocycles. The second kappa shape index (κ2) is 9.00. The van der Waals surface area contributed by atoms with Crippen molar-refractivity contribution in [3.05, 3.63) is 102 Å². The van der Waals surface area contributed by atoms with Crippen molar-refractivity contribution in [1.82, 2.24) is 20.0 Å². The Bertz CT molecular complexity index is 1390. The molecule has 0 bridgehead atoms. The fourth-order valence-electron chi connectivity index (χ4n) is 3.98. The first-order valence-electron chi connectivity index (χ1n) is 10.6. The Morgan fingerprint density at radius 2 is 1.85 bits per heavy atom. The highest BCUT2D eigenvalue weighted by atomic mass is 16.5. The van der Waals surface area contributed by atoms with Crippen molar-refractivity contribution in [2.75, 3.05) is 0 Å². The van der Waals surface area contributed by atoms with Gasteiger partial charge in [-0.1, -0.05) is 53.7 Å². The standard InChI is InChI=1S/C26H22N4O3/c31-26(32)12-21-16-30(15-19-7-4-8-20(11-19)24-14-27-29-28-24)25-10-9-22(13-23(21)25)33-17-18-5-2-1-3-6-18/h1-11,13-14,16H,12,15,17H2,(H,31,32)(H,27,28,29). The molecule has 0 amide bonds. The van der Waals surface area contributed by atoms with Gasteiger partial charge in [-0.3, -0.25) is 9.89 Å². The van der Waals surface area contributed by atoms with Gasteiger partial charge in [0, 0.05) is 35.4 Å². The summed E-state index contributed by atoms with van der Waals surface area (Å²) in [7, 11) is 0. The van der Waals surface area contributed by atoms with Crippen molar-refractivity contribution in [3.63, 3.8) is 0 Å². The molecule has 0 fully saturated rings. The highest BCUT2D eigenvalue weighted by Gasteiger charge is 2.13. The number of nitrogens with one attached hydrogen (secondary N) is 1. The Balaban J connectivity index is 1.45. The average Bonchev–Trinajstić information content (AvgIpc) is 3.47. The molecule has 5 rings (SSSR count). The van der Waals surface area contributed by atoms with Crippen molar-refractivity contribution in [3.8, 4) is 17.0 Å². The molecular formula is C26H22N4O3. The summed E-state index contributed by atoms with van der Waals surface area (Å²) in [4.78, 5) is 11.5. The van der Waals surface area contributed by atoms with Gasteiger partial charge in [-0.15, -0.1) is 5.10 Å². The normalized spacial score (nSPS) is 11.0. The van der Waals surface area contributed by atoms with E-state index in [1.807, 2.05) is 72.9 Å². The summed E-state index contributed by atoms with van der Waals surface area (Å²) in [6.45, 7) is 1.06. The molecule has 0 saturated heterocycles. The third-order valence-corrected chi connectivity index (χ3v) is 5.52. The number of fused-ring (bicyclic) bond motifs is 1. The number of aliphatic carboxylic acids is 1. The van der Waals surface area contributed by atoms with Crippen LogP contribution in [0.25, 0.3) is 22.2 Å². The van der Waals surface area contributed by atoms with Crippen LogP contribution in [0.1, 0.15) is 16.7 Å². The lowest BCUT2D eigenvalue weighted by atomic mass is 10.1. The molecule has 0 radical (unpaired) electrons. The van der Waals surface area contributed by atoms with Crippen LogP contribution >= 0.6 is 0 Å². The molecule has 33 heavy (non-hydrogen) atoms. The fraction of sp³-hybridized carbons (Fsp3) is 0.115. The lowest BCUT2D eigenvalue weighted by molar-refractivity contribution is -0.136. The van der Waals surface area contributed by atoms with Gasteiger partial charge >= 0.3 is 5.97 Å². The lowest BCUT2D eigenvalue weighted by Crippen LogP contribution is -2.00. The van der Waals surface area contributed by atoms with Crippen LogP contribution in [-0.2, 0) is 24.4 Å². The first kappa shape index (κ1) is 20.5. The zero-order valence-electron chi connectivity index (χ0n) is 17.8. The Morgan fingerprint density at radius 1 is 1.00 bits per heavy atom. The fourth-order valence-corrected chi connectivity index (χ4v) is 3.98. The van der Waals surface area contributed by atoms with Gasteiger partial charge in [-0.25, -0.2) is 0 Å². The van der Waals surface area contributed by atoms with E-state index < -0.39 is 5.97 Å². The van der Waals surface area contributed by atoms with Crippen molar-refractivity contribution in [2.24, 2.45) is 0 Å². The highest BCUT2D eigenvalue weighted by molar-refractivity contribution is 5.88. The maximum Gasteiger partial charge on any atom is 0.307 e. The second-order valence-electron chi connectivity index (χ2n) is 7.87. The molecule has 0 aliphatic rings. The van der Waals surface area contributed by atoms with Gasteiger partial charge in [0.15, 0.2) is 0 Å². The van der Waals surface area contributed by atoms with Crippen LogP contribution < -0.4 is 4.74 Å². The molecule has 0 aliphatic heterocycles. The minimum Gasteiger partial charge on any atom is -0.489 e. The zero-order valence-corrected chi connectivity index (χ0v) is 17.8. The maximum atomic E-state index is 11.5. The van der Waals surface area contributed by atoms with Gasteiger partial charge in [0.05, 0.1) is 6.42 Å². The van der Waals surface area contributed by atoms with E-state index in [-0.39, 0.29) is 6.42 Å². The highest BCUT2D eigenvalue weighted by Crippen LogP contribution is 2.28. The summed E-state index contributed by atoms with van der Waals surface area (Å²) in [5.41, 5.74) is 5.63. The third-order valence-electron chi connectivity index (χ3n) is 5.52. The number of benzene rings is 3. The van der Waals surface area contributed by atoms with Gasteiger partial charge in [0.1, 0.15) is 18.1 Å². The molecule has 0 atom stereocenters. The Hall–Kier alpha value is -4.39. The number of aromatic nitrogens is 4. The monoisotopic (exact) mass is 438 g/mol. The van der Waals surface area contributed by atoms with E-state index in [9.17, 15) is 9.90 Å². The number of carbonyl (C=O) groups is 1. The first-order valence-corrected chi connectivity index (χ1v) is 10.6. The van der Waals surface area contributed by atoms with E-state index in [1.54, 1.807) is 6.20 Å². The van der Waals surface area contributed by atoms with Crippen LogP contribution in [0.4, 0.5) is 0 Å². The van der Waals surface area contributed by atoms with E-state index in [0.717, 1.165) is 38.9 Å². The van der Waals surface area contributed by atoms with Gasteiger partial charge < -0.3 is 14.4 Å². The van der Waals surface area contributed by atoms with Crippen LogP contribution in [-0.4, -0.2) is 31.1 Å². The molecule has 5 aromatic rings. The number of aromatic amines is 1. The number of carboxylic acids is 1. The summed E-state index contributed by atoms with van der Waals surface area (Å²) < 4.78 is 8.05. The molecule has 0 unspecified atom stereocenters. The summed E-state index contributed by atoms with van der Waals surface area (Å²) >= 11 is 0. The molecule has 0 spiro atoms. The van der Waals surface area contributed by atoms with Crippen LogP contribution in [0.5, 0.6) is 5.75 Å². The molecule has 0 saturated carbocycles. The minimum absolute atomic E-state index is 0.0510. The predicted molar refractivity (Wildman–Crippen MR) is 125 cm³/mol. The van der Waals surface area contributed by atoms with Crippen molar-refractivity contribution < 1.29 is 14.6 Å². The molecule has 7 nitrogen and oxygen atoms in total.